The highest BCUT2D eigenvalue weighted by atomic mass is 35.5. The molecular weight excluding hydrogens is 272 g/mol. The molecule has 2 aromatic rings. The Kier molecular flexibility index (Phi) is 4.45. The van der Waals surface area contributed by atoms with Gasteiger partial charge in [0.05, 0.1) is 0 Å². The third-order valence-electron chi connectivity index (χ3n) is 3.01. The number of nitrogen functional groups attached to an aromatic ring is 1. The van der Waals surface area contributed by atoms with Gasteiger partial charge in [-0.25, -0.2) is 9.97 Å². The molecule has 2 rings (SSSR count). The Morgan fingerprint density at radius 2 is 1.75 bits per heavy atom. The molecule has 0 aliphatic carbocycles. The zero-order valence-corrected chi connectivity index (χ0v) is 12.6. The van der Waals surface area contributed by atoms with Crippen molar-refractivity contribution >= 4 is 23.2 Å². The molecule has 0 aliphatic heterocycles. The maximum absolute atomic E-state index is 5.90. The van der Waals surface area contributed by atoms with E-state index >= 15 is 0 Å². The zero-order valence-electron chi connectivity index (χ0n) is 11.9. The standard InChI is InChI=1S/C15H19ClN4/c1-9(2)15-19-13(17)8-14(20-15)18-10(3)11-4-6-12(16)7-5-11/h4-10H,1-3H3,(H3,17,18,19,20). The van der Waals surface area contributed by atoms with Gasteiger partial charge < -0.3 is 11.1 Å². The van der Waals surface area contributed by atoms with Crippen LogP contribution in [0.4, 0.5) is 11.6 Å². The summed E-state index contributed by atoms with van der Waals surface area (Å²) in [7, 11) is 0. The molecular formula is C15H19ClN4. The van der Waals surface area contributed by atoms with Crippen molar-refractivity contribution in [2.75, 3.05) is 11.1 Å². The molecule has 0 saturated carbocycles. The van der Waals surface area contributed by atoms with Gasteiger partial charge in [-0.2, -0.15) is 0 Å². The molecule has 20 heavy (non-hydrogen) atoms. The number of aromatic nitrogens is 2. The third kappa shape index (κ3) is 3.61. The smallest absolute Gasteiger partial charge is 0.135 e. The molecule has 4 nitrogen and oxygen atoms in total. The minimum atomic E-state index is 0.113. The van der Waals surface area contributed by atoms with Crippen LogP contribution in [0.3, 0.4) is 0 Å². The van der Waals surface area contributed by atoms with E-state index in [0.717, 1.165) is 22.2 Å². The first-order valence-corrected chi connectivity index (χ1v) is 7.00. The topological polar surface area (TPSA) is 63.8 Å². The summed E-state index contributed by atoms with van der Waals surface area (Å²) in [5, 5.41) is 4.07. The lowest BCUT2D eigenvalue weighted by Gasteiger charge is -2.16. The van der Waals surface area contributed by atoms with Crippen LogP contribution in [0, 0.1) is 0 Å². The average molecular weight is 291 g/mol. The maximum atomic E-state index is 5.90. The van der Waals surface area contributed by atoms with Crippen molar-refractivity contribution in [2.24, 2.45) is 0 Å². The summed E-state index contributed by atoms with van der Waals surface area (Å²) in [6, 6.07) is 9.60. The molecule has 3 N–H and O–H groups in total. The molecule has 5 heteroatoms. The van der Waals surface area contributed by atoms with Crippen molar-refractivity contribution in [1.82, 2.24) is 9.97 Å². The van der Waals surface area contributed by atoms with Crippen LogP contribution in [0.25, 0.3) is 0 Å². The van der Waals surface area contributed by atoms with Crippen molar-refractivity contribution in [2.45, 2.75) is 32.7 Å². The summed E-state index contributed by atoms with van der Waals surface area (Å²) in [6.07, 6.45) is 0. The highest BCUT2D eigenvalue weighted by Gasteiger charge is 2.10. The average Bonchev–Trinajstić information content (AvgIpc) is 2.38. The van der Waals surface area contributed by atoms with E-state index in [-0.39, 0.29) is 12.0 Å². The van der Waals surface area contributed by atoms with Crippen LogP contribution in [-0.4, -0.2) is 9.97 Å². The molecule has 0 aliphatic rings. The summed E-state index contributed by atoms with van der Waals surface area (Å²) in [5.74, 6) is 2.21. The summed E-state index contributed by atoms with van der Waals surface area (Å²) in [4.78, 5) is 8.72. The molecule has 0 amide bonds. The Bertz CT molecular complexity index is 581. The van der Waals surface area contributed by atoms with E-state index in [0.29, 0.717) is 5.82 Å². The van der Waals surface area contributed by atoms with E-state index < -0.39 is 0 Å². The van der Waals surface area contributed by atoms with E-state index in [9.17, 15) is 0 Å². The van der Waals surface area contributed by atoms with Crippen LogP contribution >= 0.6 is 11.6 Å². The summed E-state index contributed by atoms with van der Waals surface area (Å²) in [6.45, 7) is 6.15. The number of benzene rings is 1. The normalized spacial score (nSPS) is 12.4. The predicted octanol–water partition coefficient (Wildman–Crippen LogP) is 4.01. The Hall–Kier alpha value is -1.81. The van der Waals surface area contributed by atoms with Gasteiger partial charge in [-0.05, 0) is 24.6 Å². The van der Waals surface area contributed by atoms with Gasteiger partial charge in [0.2, 0.25) is 0 Å². The quantitative estimate of drug-likeness (QED) is 0.893. The SMILES string of the molecule is CC(C)c1nc(N)cc(NC(C)c2ccc(Cl)cc2)n1. The Balaban J connectivity index is 2.18. The van der Waals surface area contributed by atoms with Gasteiger partial charge in [0, 0.05) is 23.0 Å². The number of hydrogen-bond donors (Lipinski definition) is 2. The molecule has 0 fully saturated rings. The second-order valence-electron chi connectivity index (χ2n) is 5.11. The molecule has 1 heterocycles. The van der Waals surface area contributed by atoms with Crippen molar-refractivity contribution in [1.29, 1.82) is 0 Å². The Morgan fingerprint density at radius 1 is 1.10 bits per heavy atom. The molecule has 1 unspecified atom stereocenters. The van der Waals surface area contributed by atoms with E-state index in [2.05, 4.69) is 22.2 Å². The molecule has 1 aromatic carbocycles. The van der Waals surface area contributed by atoms with Crippen LogP contribution in [0.1, 0.15) is 44.1 Å². The lowest BCUT2D eigenvalue weighted by Crippen LogP contribution is -2.11. The van der Waals surface area contributed by atoms with Gasteiger partial charge in [-0.1, -0.05) is 37.6 Å². The van der Waals surface area contributed by atoms with Crippen LogP contribution < -0.4 is 11.1 Å². The minimum absolute atomic E-state index is 0.113. The van der Waals surface area contributed by atoms with E-state index in [1.807, 2.05) is 38.1 Å². The molecule has 0 bridgehead atoms. The highest BCUT2D eigenvalue weighted by Crippen LogP contribution is 2.22. The van der Waals surface area contributed by atoms with E-state index in [1.165, 1.54) is 0 Å². The molecule has 0 saturated heterocycles. The number of rotatable bonds is 4. The Morgan fingerprint density at radius 3 is 2.35 bits per heavy atom. The van der Waals surface area contributed by atoms with Crippen LogP contribution in [0.5, 0.6) is 0 Å². The van der Waals surface area contributed by atoms with Gasteiger partial charge in [-0.3, -0.25) is 0 Å². The minimum Gasteiger partial charge on any atom is -0.384 e. The molecule has 0 spiro atoms. The fraction of sp³-hybridized carbons (Fsp3) is 0.333. The lowest BCUT2D eigenvalue weighted by molar-refractivity contribution is 0.771. The monoisotopic (exact) mass is 290 g/mol. The van der Waals surface area contributed by atoms with Crippen LogP contribution in [-0.2, 0) is 0 Å². The van der Waals surface area contributed by atoms with Gasteiger partial charge in [0.15, 0.2) is 0 Å². The number of nitrogens with zero attached hydrogens (tertiary/aromatic N) is 2. The lowest BCUT2D eigenvalue weighted by atomic mass is 10.1. The second kappa shape index (κ2) is 6.09. The molecule has 1 aromatic heterocycles. The molecule has 1 atom stereocenters. The number of anilines is 2. The van der Waals surface area contributed by atoms with Crippen molar-refractivity contribution in [3.05, 3.63) is 46.7 Å². The summed E-state index contributed by atoms with van der Waals surface area (Å²) >= 11 is 5.90. The maximum Gasteiger partial charge on any atom is 0.135 e. The van der Waals surface area contributed by atoms with Gasteiger partial charge in [-0.15, -0.1) is 0 Å². The number of hydrogen-bond acceptors (Lipinski definition) is 4. The van der Waals surface area contributed by atoms with E-state index in [4.69, 9.17) is 17.3 Å². The first kappa shape index (κ1) is 14.6. The van der Waals surface area contributed by atoms with Crippen molar-refractivity contribution in [3.63, 3.8) is 0 Å². The van der Waals surface area contributed by atoms with Gasteiger partial charge in [0.1, 0.15) is 17.5 Å². The predicted molar refractivity (Wildman–Crippen MR) is 84.0 cm³/mol. The van der Waals surface area contributed by atoms with Crippen molar-refractivity contribution < 1.29 is 0 Å². The van der Waals surface area contributed by atoms with Crippen molar-refractivity contribution in [3.8, 4) is 0 Å². The Labute approximate surface area is 124 Å². The van der Waals surface area contributed by atoms with Gasteiger partial charge in [0.25, 0.3) is 0 Å². The largest absolute Gasteiger partial charge is 0.384 e. The number of halogens is 1. The zero-order chi connectivity index (χ0) is 14.7. The fourth-order valence-corrected chi connectivity index (χ4v) is 2.00. The first-order valence-electron chi connectivity index (χ1n) is 6.62. The van der Waals surface area contributed by atoms with E-state index in [1.54, 1.807) is 6.07 Å². The van der Waals surface area contributed by atoms with Crippen LogP contribution in [0.15, 0.2) is 30.3 Å². The third-order valence-corrected chi connectivity index (χ3v) is 3.27. The molecule has 0 radical (unpaired) electrons. The number of nitrogens with one attached hydrogen (secondary N) is 1. The molecule has 106 valence electrons. The van der Waals surface area contributed by atoms with Gasteiger partial charge >= 0.3 is 0 Å². The first-order chi connectivity index (χ1) is 9.45. The summed E-state index contributed by atoms with van der Waals surface area (Å²) in [5.41, 5.74) is 6.96. The fourth-order valence-electron chi connectivity index (χ4n) is 1.87. The highest BCUT2D eigenvalue weighted by molar-refractivity contribution is 6.30. The van der Waals surface area contributed by atoms with Crippen LogP contribution in [0.2, 0.25) is 5.02 Å². The number of nitrogens with two attached hydrogens (primary N) is 1. The second-order valence-corrected chi connectivity index (χ2v) is 5.54. The summed E-state index contributed by atoms with van der Waals surface area (Å²) < 4.78 is 0.